The molecule has 2 heterocycles. The first-order chi connectivity index (χ1) is 21.7. The molecule has 1 amide bonds. The summed E-state index contributed by atoms with van der Waals surface area (Å²) in [5, 5.41) is 20.2. The van der Waals surface area contributed by atoms with Gasteiger partial charge in [0.25, 0.3) is 16.3 Å². The largest absolute Gasteiger partial charge is 0.569 e. The average Bonchev–Trinajstić information content (AvgIpc) is 3.64. The number of nitrogens with zero attached hydrogens (tertiary/aromatic N) is 5. The molecule has 3 aromatic rings. The molecule has 1 saturated heterocycles. The number of sulfonamides is 1. The first kappa shape index (κ1) is 33.8. The normalized spacial score (nSPS) is 16.1. The molecule has 46 heavy (non-hydrogen) atoms. The van der Waals surface area contributed by atoms with E-state index in [9.17, 15) is 36.4 Å². The lowest BCUT2D eigenvalue weighted by atomic mass is 10.1. The summed E-state index contributed by atoms with van der Waals surface area (Å²) in [4.78, 5) is 28.1. The van der Waals surface area contributed by atoms with Crippen LogP contribution in [0.15, 0.2) is 64.8 Å². The Bertz CT molecular complexity index is 1680. The van der Waals surface area contributed by atoms with E-state index in [1.165, 1.54) is 19.1 Å². The minimum absolute atomic E-state index is 0.0616. The summed E-state index contributed by atoms with van der Waals surface area (Å²) in [5.41, 5.74) is 0.495. The molecule has 0 spiro atoms. The van der Waals surface area contributed by atoms with E-state index in [4.69, 9.17) is 9.57 Å². The molecule has 248 valence electrons. The van der Waals surface area contributed by atoms with Crippen molar-refractivity contribution in [2.45, 2.75) is 50.7 Å². The van der Waals surface area contributed by atoms with E-state index in [1.807, 2.05) is 6.92 Å². The second-order valence-electron chi connectivity index (χ2n) is 9.83. The standard InChI is InChI=1S/C27H29F3N6O9S/c1-4-42-26(38)43-18(3)45-33-36(39)34-14-13-21(16-34)44-25(37)32-46(40,41)22-11-9-20(10-12-22)35-23(15-24(31-35)27(28,29)30)19-7-5-17(2)6-8-19/h5-12,15,18,21H,4,13-14,16H2,1-3H3,(H,32,37). The summed E-state index contributed by atoms with van der Waals surface area (Å²) >= 11 is 0. The lowest BCUT2D eigenvalue weighted by Gasteiger charge is -2.14. The van der Waals surface area contributed by atoms with Gasteiger partial charge in [-0.05, 0) is 44.2 Å². The van der Waals surface area contributed by atoms with Crippen molar-refractivity contribution in [3.63, 3.8) is 0 Å². The van der Waals surface area contributed by atoms with Gasteiger partial charge in [-0.1, -0.05) is 29.8 Å². The molecule has 2 unspecified atom stereocenters. The van der Waals surface area contributed by atoms with E-state index in [-0.39, 0.29) is 47.4 Å². The van der Waals surface area contributed by atoms with Gasteiger partial charge in [0.2, 0.25) is 5.28 Å². The molecule has 0 bridgehead atoms. The lowest BCUT2D eigenvalue weighted by Crippen LogP contribution is -2.36. The van der Waals surface area contributed by atoms with E-state index in [0.717, 1.165) is 33.5 Å². The van der Waals surface area contributed by atoms with E-state index in [1.54, 1.807) is 35.9 Å². The van der Waals surface area contributed by atoms with Crippen LogP contribution in [0.2, 0.25) is 0 Å². The number of aromatic nitrogens is 2. The third-order valence-electron chi connectivity index (χ3n) is 6.39. The predicted molar refractivity (Wildman–Crippen MR) is 150 cm³/mol. The molecule has 1 N–H and O–H groups in total. The van der Waals surface area contributed by atoms with Crippen LogP contribution in [0, 0.1) is 12.1 Å². The number of benzene rings is 2. The zero-order valence-corrected chi connectivity index (χ0v) is 25.4. The van der Waals surface area contributed by atoms with E-state index >= 15 is 0 Å². The van der Waals surface area contributed by atoms with Gasteiger partial charge in [-0.3, -0.25) is 4.84 Å². The Kier molecular flexibility index (Phi) is 10.2. The van der Waals surface area contributed by atoms with Crippen LogP contribution >= 0.6 is 0 Å². The summed E-state index contributed by atoms with van der Waals surface area (Å²) in [6.45, 7) is 4.69. The minimum Gasteiger partial charge on any atom is -0.569 e. The van der Waals surface area contributed by atoms with Gasteiger partial charge in [-0.25, -0.2) is 27.4 Å². The molecule has 1 fully saturated rings. The maximum Gasteiger partial charge on any atom is 0.511 e. The summed E-state index contributed by atoms with van der Waals surface area (Å²) < 4.78 is 83.3. The highest BCUT2D eigenvalue weighted by Gasteiger charge is 2.36. The summed E-state index contributed by atoms with van der Waals surface area (Å²) in [5.74, 6) is 0. The zero-order valence-electron chi connectivity index (χ0n) is 24.6. The van der Waals surface area contributed by atoms with Crippen LogP contribution in [0.25, 0.3) is 16.9 Å². The predicted octanol–water partition coefficient (Wildman–Crippen LogP) is 4.68. The number of hydrogen-bond donors (Lipinski definition) is 1. The van der Waals surface area contributed by atoms with E-state index in [0.29, 0.717) is 5.56 Å². The maximum absolute atomic E-state index is 13.5. The van der Waals surface area contributed by atoms with Crippen LogP contribution in [0.3, 0.4) is 0 Å². The van der Waals surface area contributed by atoms with Gasteiger partial charge in [-0.2, -0.15) is 18.3 Å². The minimum atomic E-state index is -4.72. The number of nitrogens with one attached hydrogen (secondary N) is 1. The third kappa shape index (κ3) is 8.55. The molecule has 2 aromatic carbocycles. The van der Waals surface area contributed by atoms with Crippen LogP contribution in [-0.2, 0) is 35.2 Å². The number of alkyl halides is 3. The van der Waals surface area contributed by atoms with Gasteiger partial charge in [-0.15, -0.1) is 5.01 Å². The quantitative estimate of drug-likeness (QED) is 0.104. The van der Waals surface area contributed by atoms with Crippen LogP contribution in [-0.4, -0.2) is 72.5 Å². The molecule has 15 nitrogen and oxygen atoms in total. The SMILES string of the molecule is CCOC(=O)OC(C)ON=[N+]([O-])N1CCC(OC(=O)NS(=O)(=O)c2ccc(-n3nc(C(F)(F)F)cc3-c3ccc(C)cc3)cc2)C1. The second-order valence-corrected chi connectivity index (χ2v) is 11.5. The summed E-state index contributed by atoms with van der Waals surface area (Å²) in [6, 6.07) is 12.3. The molecular weight excluding hydrogens is 641 g/mol. The Labute approximate surface area is 260 Å². The summed E-state index contributed by atoms with van der Waals surface area (Å²) in [7, 11) is -4.46. The molecule has 0 aliphatic carbocycles. The van der Waals surface area contributed by atoms with Gasteiger partial charge < -0.3 is 19.4 Å². The fourth-order valence-electron chi connectivity index (χ4n) is 4.19. The maximum atomic E-state index is 13.5. The third-order valence-corrected chi connectivity index (χ3v) is 7.71. The number of carbonyl (C=O) groups is 2. The second kappa shape index (κ2) is 13.9. The van der Waals surface area contributed by atoms with Crippen molar-refractivity contribution in [2.75, 3.05) is 19.7 Å². The number of rotatable bonds is 10. The molecule has 1 aliphatic heterocycles. The van der Waals surface area contributed by atoms with Gasteiger partial charge in [0.15, 0.2) is 5.69 Å². The Balaban J connectivity index is 1.38. The highest BCUT2D eigenvalue weighted by molar-refractivity contribution is 7.90. The van der Waals surface area contributed by atoms with Gasteiger partial charge in [0.1, 0.15) is 12.6 Å². The first-order valence-electron chi connectivity index (χ1n) is 13.7. The Morgan fingerprint density at radius 3 is 2.48 bits per heavy atom. The van der Waals surface area contributed by atoms with Gasteiger partial charge >= 0.3 is 18.4 Å². The Morgan fingerprint density at radius 1 is 1.17 bits per heavy atom. The van der Waals surface area contributed by atoms with Crippen LogP contribution < -0.4 is 4.72 Å². The number of carbonyl (C=O) groups excluding carboxylic acids is 2. The smallest absolute Gasteiger partial charge is 0.511 e. The van der Waals surface area contributed by atoms with Crippen molar-refractivity contribution in [2.24, 2.45) is 5.28 Å². The number of hydrazine groups is 1. The number of amides is 1. The molecule has 2 atom stereocenters. The van der Waals surface area contributed by atoms with Crippen LogP contribution in [0.1, 0.15) is 31.5 Å². The number of ether oxygens (including phenoxy) is 3. The molecule has 19 heteroatoms. The number of aryl methyl sites for hydroxylation is 1. The fourth-order valence-corrected chi connectivity index (χ4v) is 5.07. The molecule has 4 rings (SSSR count). The highest BCUT2D eigenvalue weighted by Crippen LogP contribution is 2.33. The molecule has 0 saturated carbocycles. The monoisotopic (exact) mass is 670 g/mol. The Hall–Kier alpha value is -5.07. The van der Waals surface area contributed by atoms with Gasteiger partial charge in [0, 0.05) is 18.9 Å². The first-order valence-corrected chi connectivity index (χ1v) is 15.1. The van der Waals surface area contributed by atoms with Crippen molar-refractivity contribution >= 4 is 22.3 Å². The number of halogens is 3. The van der Waals surface area contributed by atoms with Crippen molar-refractivity contribution in [1.82, 2.24) is 19.5 Å². The van der Waals surface area contributed by atoms with Crippen molar-refractivity contribution < 1.29 is 55.2 Å². The average molecular weight is 671 g/mol. The molecule has 1 aliphatic rings. The van der Waals surface area contributed by atoms with Crippen LogP contribution in [0.4, 0.5) is 22.8 Å². The number of hydrogen-bond acceptors (Lipinski definition) is 11. The van der Waals surface area contributed by atoms with Crippen LogP contribution in [0.5, 0.6) is 0 Å². The topological polar surface area (TPSA) is 177 Å². The lowest BCUT2D eigenvalue weighted by molar-refractivity contribution is -0.709. The summed E-state index contributed by atoms with van der Waals surface area (Å²) in [6.07, 6.45) is -9.02. The fraction of sp³-hybridized carbons (Fsp3) is 0.370. The van der Waals surface area contributed by atoms with Crippen molar-refractivity contribution in [1.29, 1.82) is 0 Å². The van der Waals surface area contributed by atoms with Gasteiger partial charge in [0.05, 0.1) is 34.4 Å². The van der Waals surface area contributed by atoms with Crippen molar-refractivity contribution in [3.05, 3.63) is 71.1 Å². The van der Waals surface area contributed by atoms with E-state index < -0.39 is 46.5 Å². The zero-order chi connectivity index (χ0) is 33.6. The van der Waals surface area contributed by atoms with Crippen molar-refractivity contribution in [3.8, 4) is 16.9 Å². The highest BCUT2D eigenvalue weighted by atomic mass is 32.2. The molecular formula is C27H29F3N6O9S. The molecule has 1 aromatic heterocycles. The molecule has 0 radical (unpaired) electrons. The van der Waals surface area contributed by atoms with E-state index in [2.05, 4.69) is 19.8 Å². The Morgan fingerprint density at radius 2 is 1.85 bits per heavy atom.